The summed E-state index contributed by atoms with van der Waals surface area (Å²) in [7, 11) is 0. The molecular formula is C11H22N2OS. The summed E-state index contributed by atoms with van der Waals surface area (Å²) < 4.78 is 0.142. The minimum absolute atomic E-state index is 0.0163. The Balaban J connectivity index is 2.57. The van der Waals surface area contributed by atoms with Gasteiger partial charge < -0.3 is 4.90 Å². The smallest absolute Gasteiger partial charge is 0.241 e. The highest BCUT2D eigenvalue weighted by Gasteiger charge is 2.35. The highest BCUT2D eigenvalue weighted by Crippen LogP contribution is 2.24. The van der Waals surface area contributed by atoms with Crippen molar-refractivity contribution in [1.29, 1.82) is 0 Å². The molecule has 0 aromatic carbocycles. The van der Waals surface area contributed by atoms with E-state index in [1.165, 1.54) is 0 Å². The molecule has 1 fully saturated rings. The molecule has 0 bridgehead atoms. The third kappa shape index (κ3) is 3.11. The first-order valence-electron chi connectivity index (χ1n) is 5.45. The molecule has 1 saturated heterocycles. The molecule has 1 aliphatic rings. The highest BCUT2D eigenvalue weighted by atomic mass is 32.2. The van der Waals surface area contributed by atoms with Gasteiger partial charge in [-0.3, -0.25) is 10.1 Å². The summed E-state index contributed by atoms with van der Waals surface area (Å²) in [6, 6.07) is 0.0163. The van der Waals surface area contributed by atoms with Gasteiger partial charge in [-0.25, -0.2) is 0 Å². The Morgan fingerprint density at radius 3 is 2.60 bits per heavy atom. The van der Waals surface area contributed by atoms with Crippen molar-refractivity contribution < 1.29 is 4.79 Å². The van der Waals surface area contributed by atoms with Crippen molar-refractivity contribution >= 4 is 17.7 Å². The molecule has 1 aliphatic heterocycles. The first-order chi connectivity index (χ1) is 6.87. The summed E-state index contributed by atoms with van der Waals surface area (Å²) in [4.78, 5) is 13.9. The van der Waals surface area contributed by atoms with Crippen LogP contribution in [0.15, 0.2) is 0 Å². The third-order valence-electron chi connectivity index (χ3n) is 2.87. The van der Waals surface area contributed by atoms with Gasteiger partial charge in [0.2, 0.25) is 5.91 Å². The van der Waals surface area contributed by atoms with Crippen molar-refractivity contribution in [2.24, 2.45) is 5.92 Å². The standard InChI is InChI=1S/C11H22N2OS/c1-8(2)9-10(14)13(7-12-9)6-11(3,4)15-5/h8-9,12H,6-7H2,1-5H3. The quantitative estimate of drug-likeness (QED) is 0.795. The maximum absolute atomic E-state index is 12.0. The van der Waals surface area contributed by atoms with Gasteiger partial charge in [-0.05, 0) is 26.0 Å². The van der Waals surface area contributed by atoms with Gasteiger partial charge in [0.05, 0.1) is 12.7 Å². The number of carbonyl (C=O) groups excluding carboxylic acids is 1. The number of nitrogens with one attached hydrogen (secondary N) is 1. The van der Waals surface area contributed by atoms with Crippen molar-refractivity contribution in [1.82, 2.24) is 10.2 Å². The Kier molecular flexibility index (Phi) is 4.06. The van der Waals surface area contributed by atoms with Crippen LogP contribution in [-0.4, -0.2) is 41.1 Å². The Morgan fingerprint density at radius 1 is 1.60 bits per heavy atom. The largest absolute Gasteiger partial charge is 0.327 e. The zero-order valence-electron chi connectivity index (χ0n) is 10.3. The van der Waals surface area contributed by atoms with Crippen LogP contribution in [0, 0.1) is 5.92 Å². The molecule has 0 spiro atoms. The van der Waals surface area contributed by atoms with Crippen LogP contribution >= 0.6 is 11.8 Å². The maximum atomic E-state index is 12.0. The lowest BCUT2D eigenvalue weighted by Crippen LogP contribution is -2.40. The molecule has 0 aromatic rings. The fraction of sp³-hybridized carbons (Fsp3) is 0.909. The van der Waals surface area contributed by atoms with Crippen molar-refractivity contribution in [2.75, 3.05) is 19.5 Å². The molecule has 1 N–H and O–H groups in total. The molecule has 0 aromatic heterocycles. The second-order valence-corrected chi connectivity index (χ2v) is 6.60. The van der Waals surface area contributed by atoms with E-state index in [1.807, 2.05) is 4.90 Å². The van der Waals surface area contributed by atoms with Gasteiger partial charge in [0.25, 0.3) is 0 Å². The predicted octanol–water partition coefficient (Wildman–Crippen LogP) is 1.54. The molecule has 15 heavy (non-hydrogen) atoms. The fourth-order valence-corrected chi connectivity index (χ4v) is 2.03. The van der Waals surface area contributed by atoms with Gasteiger partial charge >= 0.3 is 0 Å². The van der Waals surface area contributed by atoms with Gasteiger partial charge in [-0.1, -0.05) is 13.8 Å². The number of thioether (sulfide) groups is 1. The molecule has 0 radical (unpaired) electrons. The molecule has 1 atom stereocenters. The van der Waals surface area contributed by atoms with E-state index in [0.717, 1.165) is 6.54 Å². The monoisotopic (exact) mass is 230 g/mol. The van der Waals surface area contributed by atoms with E-state index >= 15 is 0 Å². The van der Waals surface area contributed by atoms with Crippen LogP contribution in [0.3, 0.4) is 0 Å². The van der Waals surface area contributed by atoms with E-state index < -0.39 is 0 Å². The zero-order chi connectivity index (χ0) is 11.6. The molecule has 1 heterocycles. The van der Waals surface area contributed by atoms with Crippen LogP contribution in [0.1, 0.15) is 27.7 Å². The molecule has 1 amide bonds. The maximum Gasteiger partial charge on any atom is 0.241 e. The van der Waals surface area contributed by atoms with Gasteiger partial charge in [0.1, 0.15) is 0 Å². The first kappa shape index (κ1) is 12.8. The molecular weight excluding hydrogens is 208 g/mol. The van der Waals surface area contributed by atoms with Gasteiger partial charge in [-0.15, -0.1) is 0 Å². The van der Waals surface area contributed by atoms with E-state index in [0.29, 0.717) is 12.6 Å². The van der Waals surface area contributed by atoms with Gasteiger partial charge in [0, 0.05) is 11.3 Å². The van der Waals surface area contributed by atoms with E-state index in [1.54, 1.807) is 11.8 Å². The summed E-state index contributed by atoms with van der Waals surface area (Å²) in [6.07, 6.45) is 2.09. The molecule has 0 saturated carbocycles. The van der Waals surface area contributed by atoms with Crippen LogP contribution in [0.4, 0.5) is 0 Å². The number of rotatable bonds is 4. The predicted molar refractivity (Wildman–Crippen MR) is 65.9 cm³/mol. The molecule has 1 rings (SSSR count). The SMILES string of the molecule is CSC(C)(C)CN1CNC(C(C)C)C1=O. The summed E-state index contributed by atoms with van der Waals surface area (Å²) in [6.45, 7) is 10.0. The fourth-order valence-electron chi connectivity index (χ4n) is 1.75. The average molecular weight is 230 g/mol. The van der Waals surface area contributed by atoms with E-state index in [2.05, 4.69) is 39.3 Å². The van der Waals surface area contributed by atoms with Crippen LogP contribution in [0.5, 0.6) is 0 Å². The second-order valence-electron chi connectivity index (χ2n) is 5.08. The van der Waals surface area contributed by atoms with Gasteiger partial charge in [0.15, 0.2) is 0 Å². The summed E-state index contributed by atoms with van der Waals surface area (Å²) in [5.74, 6) is 0.631. The summed E-state index contributed by atoms with van der Waals surface area (Å²) >= 11 is 1.80. The lowest BCUT2D eigenvalue weighted by Gasteiger charge is -2.28. The van der Waals surface area contributed by atoms with Crippen molar-refractivity contribution in [3.63, 3.8) is 0 Å². The Labute approximate surface area is 97.0 Å². The zero-order valence-corrected chi connectivity index (χ0v) is 11.1. The van der Waals surface area contributed by atoms with Crippen molar-refractivity contribution in [2.45, 2.75) is 38.5 Å². The Hall–Kier alpha value is -0.220. The lowest BCUT2D eigenvalue weighted by molar-refractivity contribution is -0.129. The molecule has 1 unspecified atom stereocenters. The van der Waals surface area contributed by atoms with Crippen molar-refractivity contribution in [3.8, 4) is 0 Å². The van der Waals surface area contributed by atoms with E-state index in [9.17, 15) is 4.79 Å². The topological polar surface area (TPSA) is 32.3 Å². The van der Waals surface area contributed by atoms with Crippen LogP contribution in [-0.2, 0) is 4.79 Å². The first-order valence-corrected chi connectivity index (χ1v) is 6.67. The molecule has 4 heteroatoms. The number of nitrogens with zero attached hydrogens (tertiary/aromatic N) is 1. The third-order valence-corrected chi connectivity index (χ3v) is 4.10. The van der Waals surface area contributed by atoms with Crippen molar-refractivity contribution in [3.05, 3.63) is 0 Å². The normalized spacial score (nSPS) is 22.9. The Morgan fingerprint density at radius 2 is 2.20 bits per heavy atom. The molecule has 3 nitrogen and oxygen atoms in total. The summed E-state index contributed by atoms with van der Waals surface area (Å²) in [5.41, 5.74) is 0. The highest BCUT2D eigenvalue weighted by molar-refractivity contribution is 7.99. The minimum Gasteiger partial charge on any atom is -0.327 e. The van der Waals surface area contributed by atoms with E-state index in [-0.39, 0.29) is 16.7 Å². The molecule has 88 valence electrons. The lowest BCUT2D eigenvalue weighted by atomic mass is 10.0. The summed E-state index contributed by atoms with van der Waals surface area (Å²) in [5, 5.41) is 3.27. The van der Waals surface area contributed by atoms with Crippen LogP contribution in [0.2, 0.25) is 0 Å². The van der Waals surface area contributed by atoms with Gasteiger partial charge in [-0.2, -0.15) is 11.8 Å². The number of hydrogen-bond donors (Lipinski definition) is 1. The van der Waals surface area contributed by atoms with Crippen LogP contribution in [0.25, 0.3) is 0 Å². The van der Waals surface area contributed by atoms with E-state index in [4.69, 9.17) is 0 Å². The van der Waals surface area contributed by atoms with Crippen LogP contribution < -0.4 is 5.32 Å². The number of carbonyl (C=O) groups is 1. The number of amides is 1. The Bertz CT molecular complexity index is 241. The second kappa shape index (κ2) is 4.74. The minimum atomic E-state index is 0.0163. The number of hydrogen-bond acceptors (Lipinski definition) is 3. The molecule has 0 aliphatic carbocycles. The average Bonchev–Trinajstić information content (AvgIpc) is 2.48.